The van der Waals surface area contributed by atoms with Gasteiger partial charge in [0, 0.05) is 19.5 Å². The molecule has 0 aromatic heterocycles. The topological polar surface area (TPSA) is 27.0 Å². The molecule has 1 aliphatic heterocycles. The van der Waals surface area contributed by atoms with Crippen LogP contribution in [0.4, 0.5) is 0 Å². The summed E-state index contributed by atoms with van der Waals surface area (Å²) in [6, 6.07) is 2.18. The zero-order valence-electron chi connectivity index (χ0n) is 8.14. The van der Waals surface area contributed by atoms with Gasteiger partial charge in [-0.25, -0.2) is 0 Å². The Labute approximate surface area is 75.2 Å². The van der Waals surface area contributed by atoms with Gasteiger partial charge < -0.3 is 4.90 Å². The molecule has 68 valence electrons. The summed E-state index contributed by atoms with van der Waals surface area (Å²) < 4.78 is 0. The number of hydrogen-bond donors (Lipinski definition) is 0. The zero-order valence-corrected chi connectivity index (χ0v) is 8.14. The van der Waals surface area contributed by atoms with Crippen molar-refractivity contribution in [2.75, 3.05) is 19.6 Å². The van der Waals surface area contributed by atoms with Crippen LogP contribution in [-0.2, 0) is 0 Å². The van der Waals surface area contributed by atoms with E-state index < -0.39 is 0 Å². The molecule has 0 aromatic rings. The second-order valence-electron chi connectivity index (χ2n) is 4.49. The van der Waals surface area contributed by atoms with Crippen molar-refractivity contribution >= 4 is 0 Å². The number of nitrogens with zero attached hydrogens (tertiary/aromatic N) is 2. The van der Waals surface area contributed by atoms with Gasteiger partial charge in [0.1, 0.15) is 0 Å². The van der Waals surface area contributed by atoms with Crippen molar-refractivity contribution in [3.8, 4) is 6.07 Å². The van der Waals surface area contributed by atoms with Crippen molar-refractivity contribution in [3.05, 3.63) is 0 Å². The molecule has 0 amide bonds. The molecule has 1 fully saturated rings. The minimum absolute atomic E-state index is 0.551. The predicted molar refractivity (Wildman–Crippen MR) is 49.7 cm³/mol. The minimum Gasteiger partial charge on any atom is -0.302 e. The van der Waals surface area contributed by atoms with Crippen molar-refractivity contribution in [2.45, 2.75) is 33.1 Å². The Hall–Kier alpha value is -0.550. The second kappa shape index (κ2) is 3.91. The van der Waals surface area contributed by atoms with E-state index in [0.29, 0.717) is 5.41 Å². The van der Waals surface area contributed by atoms with Crippen LogP contribution < -0.4 is 0 Å². The molecule has 0 aliphatic carbocycles. The SMILES string of the molecule is CC1(C)CN(CCCCC#N)C1. The molecule has 2 heteroatoms. The first-order valence-corrected chi connectivity index (χ1v) is 4.73. The summed E-state index contributed by atoms with van der Waals surface area (Å²) in [6.07, 6.45) is 2.97. The highest BCUT2D eigenvalue weighted by atomic mass is 15.2. The molecule has 1 saturated heterocycles. The molecule has 0 bridgehead atoms. The van der Waals surface area contributed by atoms with Gasteiger partial charge in [0.25, 0.3) is 0 Å². The molecule has 1 heterocycles. The van der Waals surface area contributed by atoms with Gasteiger partial charge in [-0.2, -0.15) is 5.26 Å². The Balaban J connectivity index is 1.94. The zero-order chi connectivity index (χ0) is 9.03. The van der Waals surface area contributed by atoms with Crippen molar-refractivity contribution in [2.24, 2.45) is 5.41 Å². The van der Waals surface area contributed by atoms with E-state index in [0.717, 1.165) is 12.8 Å². The lowest BCUT2D eigenvalue weighted by molar-refractivity contribution is 0.0302. The highest BCUT2D eigenvalue weighted by molar-refractivity contribution is 4.87. The van der Waals surface area contributed by atoms with Crippen LogP contribution in [0, 0.1) is 16.7 Å². The van der Waals surface area contributed by atoms with Gasteiger partial charge in [-0.3, -0.25) is 0 Å². The summed E-state index contributed by atoms with van der Waals surface area (Å²) in [4.78, 5) is 2.47. The van der Waals surface area contributed by atoms with Gasteiger partial charge in [-0.05, 0) is 24.8 Å². The summed E-state index contributed by atoms with van der Waals surface area (Å²) in [5, 5.41) is 8.32. The number of rotatable bonds is 4. The minimum atomic E-state index is 0.551. The van der Waals surface area contributed by atoms with Crippen LogP contribution in [0.15, 0.2) is 0 Å². The van der Waals surface area contributed by atoms with E-state index in [1.165, 1.54) is 26.1 Å². The number of unbranched alkanes of at least 4 members (excludes halogenated alkanes) is 2. The third-order valence-corrected chi connectivity index (χ3v) is 2.32. The van der Waals surface area contributed by atoms with Gasteiger partial charge in [0.2, 0.25) is 0 Å². The molecule has 1 rings (SSSR count). The third kappa shape index (κ3) is 2.83. The largest absolute Gasteiger partial charge is 0.302 e. The fraction of sp³-hybridized carbons (Fsp3) is 0.900. The molecular formula is C10H18N2. The number of nitriles is 1. The molecule has 12 heavy (non-hydrogen) atoms. The summed E-state index contributed by atoms with van der Waals surface area (Å²) in [5.74, 6) is 0. The molecule has 0 spiro atoms. The Morgan fingerprint density at radius 3 is 2.50 bits per heavy atom. The molecule has 1 aliphatic rings. The molecule has 2 nitrogen and oxygen atoms in total. The van der Waals surface area contributed by atoms with E-state index in [2.05, 4.69) is 24.8 Å². The summed E-state index contributed by atoms with van der Waals surface area (Å²) >= 11 is 0. The Morgan fingerprint density at radius 1 is 1.33 bits per heavy atom. The van der Waals surface area contributed by atoms with E-state index in [-0.39, 0.29) is 0 Å². The van der Waals surface area contributed by atoms with E-state index in [4.69, 9.17) is 5.26 Å². The maximum absolute atomic E-state index is 8.32. The van der Waals surface area contributed by atoms with Crippen LogP contribution in [0.5, 0.6) is 0 Å². The van der Waals surface area contributed by atoms with E-state index in [9.17, 15) is 0 Å². The molecule has 0 radical (unpaired) electrons. The lowest BCUT2D eigenvalue weighted by atomic mass is 9.84. The van der Waals surface area contributed by atoms with Crippen molar-refractivity contribution < 1.29 is 0 Å². The van der Waals surface area contributed by atoms with Crippen molar-refractivity contribution in [3.63, 3.8) is 0 Å². The predicted octanol–water partition coefficient (Wildman–Crippen LogP) is 2.02. The highest BCUT2D eigenvalue weighted by Gasteiger charge is 2.32. The van der Waals surface area contributed by atoms with Crippen LogP contribution in [-0.4, -0.2) is 24.5 Å². The Bertz CT molecular complexity index is 171. The number of hydrogen-bond acceptors (Lipinski definition) is 2. The molecule has 0 atom stereocenters. The first-order chi connectivity index (χ1) is 5.64. The summed E-state index contributed by atoms with van der Waals surface area (Å²) in [5.41, 5.74) is 0.551. The lowest BCUT2D eigenvalue weighted by Gasteiger charge is -2.46. The van der Waals surface area contributed by atoms with Crippen LogP contribution in [0.1, 0.15) is 33.1 Å². The number of likely N-dealkylation sites (tertiary alicyclic amines) is 1. The van der Waals surface area contributed by atoms with Gasteiger partial charge in [-0.15, -0.1) is 0 Å². The maximum atomic E-state index is 8.32. The summed E-state index contributed by atoms with van der Waals surface area (Å²) in [6.45, 7) is 8.27. The van der Waals surface area contributed by atoms with Gasteiger partial charge in [0.15, 0.2) is 0 Å². The fourth-order valence-corrected chi connectivity index (χ4v) is 1.86. The standard InChI is InChI=1S/C10H18N2/c1-10(2)8-12(9-10)7-5-3-4-6-11/h3-5,7-9H2,1-2H3. The molecule has 0 saturated carbocycles. The van der Waals surface area contributed by atoms with Crippen LogP contribution >= 0.6 is 0 Å². The lowest BCUT2D eigenvalue weighted by Crippen LogP contribution is -2.52. The Morgan fingerprint density at radius 2 is 2.00 bits per heavy atom. The normalized spacial score (nSPS) is 21.4. The molecule has 0 N–H and O–H groups in total. The second-order valence-corrected chi connectivity index (χ2v) is 4.49. The van der Waals surface area contributed by atoms with E-state index in [1.54, 1.807) is 0 Å². The Kier molecular flexibility index (Phi) is 3.11. The third-order valence-electron chi connectivity index (χ3n) is 2.32. The average Bonchev–Trinajstić information content (AvgIpc) is 1.94. The smallest absolute Gasteiger partial charge is 0.0621 e. The van der Waals surface area contributed by atoms with Gasteiger partial charge in [0.05, 0.1) is 6.07 Å². The van der Waals surface area contributed by atoms with E-state index >= 15 is 0 Å². The van der Waals surface area contributed by atoms with Crippen LogP contribution in [0.3, 0.4) is 0 Å². The monoisotopic (exact) mass is 166 g/mol. The first kappa shape index (κ1) is 9.54. The van der Waals surface area contributed by atoms with Crippen LogP contribution in [0.25, 0.3) is 0 Å². The van der Waals surface area contributed by atoms with E-state index in [1.807, 2.05) is 0 Å². The van der Waals surface area contributed by atoms with Crippen molar-refractivity contribution in [1.82, 2.24) is 4.90 Å². The average molecular weight is 166 g/mol. The van der Waals surface area contributed by atoms with Crippen LogP contribution in [0.2, 0.25) is 0 Å². The quantitative estimate of drug-likeness (QED) is 0.597. The fourth-order valence-electron chi connectivity index (χ4n) is 1.86. The molecular weight excluding hydrogens is 148 g/mol. The van der Waals surface area contributed by atoms with Crippen molar-refractivity contribution in [1.29, 1.82) is 5.26 Å². The molecule has 0 unspecified atom stereocenters. The first-order valence-electron chi connectivity index (χ1n) is 4.73. The molecule has 0 aromatic carbocycles. The van der Waals surface area contributed by atoms with Gasteiger partial charge in [-0.1, -0.05) is 13.8 Å². The highest BCUT2D eigenvalue weighted by Crippen LogP contribution is 2.28. The maximum Gasteiger partial charge on any atom is 0.0621 e. The summed E-state index contributed by atoms with van der Waals surface area (Å²) in [7, 11) is 0. The van der Waals surface area contributed by atoms with Gasteiger partial charge >= 0.3 is 0 Å².